The van der Waals surface area contributed by atoms with Crippen LogP contribution in [-0.2, 0) is 21.8 Å². The van der Waals surface area contributed by atoms with Crippen LogP contribution >= 0.6 is 0 Å². The summed E-state index contributed by atoms with van der Waals surface area (Å²) in [6.07, 6.45) is 0.500. The molecule has 1 aliphatic rings. The fraction of sp³-hybridized carbons (Fsp3) is 0.435. The van der Waals surface area contributed by atoms with Gasteiger partial charge in [-0.2, -0.15) is 0 Å². The quantitative estimate of drug-likeness (QED) is 0.777. The third-order valence-corrected chi connectivity index (χ3v) is 7.13. The van der Waals surface area contributed by atoms with Gasteiger partial charge in [-0.05, 0) is 42.0 Å². The predicted octanol–water partition coefficient (Wildman–Crippen LogP) is 4.12. The van der Waals surface area contributed by atoms with E-state index in [-0.39, 0.29) is 28.9 Å². The van der Waals surface area contributed by atoms with Crippen molar-refractivity contribution in [1.82, 2.24) is 4.90 Å². The number of benzene rings is 2. The lowest BCUT2D eigenvalue weighted by Crippen LogP contribution is -2.40. The first kappa shape index (κ1) is 20.6. The summed E-state index contributed by atoms with van der Waals surface area (Å²) in [7, 11) is -3.08. The third kappa shape index (κ3) is 4.82. The van der Waals surface area contributed by atoms with Gasteiger partial charge in [0.2, 0.25) is 0 Å². The number of aryl methyl sites for hydroxylation is 1. The molecule has 1 aliphatic heterocycles. The molecule has 150 valence electrons. The first-order valence-electron chi connectivity index (χ1n) is 9.73. The van der Waals surface area contributed by atoms with E-state index in [4.69, 9.17) is 0 Å². The molecule has 2 aromatic rings. The Morgan fingerprint density at radius 2 is 1.64 bits per heavy atom. The zero-order chi connectivity index (χ0) is 20.5. The first-order chi connectivity index (χ1) is 13.0. The molecule has 28 heavy (non-hydrogen) atoms. The van der Waals surface area contributed by atoms with E-state index in [0.29, 0.717) is 18.5 Å². The van der Waals surface area contributed by atoms with Gasteiger partial charge in [-0.1, -0.05) is 62.7 Å². The average molecular weight is 400 g/mol. The van der Waals surface area contributed by atoms with Gasteiger partial charge in [0.1, 0.15) is 0 Å². The number of hydrogen-bond donors (Lipinski definition) is 0. The topological polar surface area (TPSA) is 54.5 Å². The number of sulfone groups is 1. The highest BCUT2D eigenvalue weighted by Gasteiger charge is 2.35. The van der Waals surface area contributed by atoms with Crippen LogP contribution in [0.4, 0.5) is 0 Å². The minimum atomic E-state index is -3.08. The van der Waals surface area contributed by atoms with E-state index in [2.05, 4.69) is 20.8 Å². The van der Waals surface area contributed by atoms with Crippen molar-refractivity contribution in [1.29, 1.82) is 0 Å². The highest BCUT2D eigenvalue weighted by atomic mass is 32.2. The predicted molar refractivity (Wildman–Crippen MR) is 113 cm³/mol. The zero-order valence-electron chi connectivity index (χ0n) is 17.1. The number of hydrogen-bond acceptors (Lipinski definition) is 3. The monoisotopic (exact) mass is 399 g/mol. The van der Waals surface area contributed by atoms with Crippen molar-refractivity contribution >= 4 is 15.7 Å². The summed E-state index contributed by atoms with van der Waals surface area (Å²) in [5, 5.41) is 0. The molecule has 0 saturated carbocycles. The molecule has 1 amide bonds. The number of carbonyl (C=O) groups is 1. The summed E-state index contributed by atoms with van der Waals surface area (Å²) in [6.45, 7) is 8.85. The minimum absolute atomic E-state index is 0.0166. The molecule has 3 rings (SSSR count). The second-order valence-corrected chi connectivity index (χ2v) is 11.0. The zero-order valence-corrected chi connectivity index (χ0v) is 17.9. The molecule has 1 unspecified atom stereocenters. The molecule has 0 aromatic heterocycles. The van der Waals surface area contributed by atoms with E-state index in [1.54, 1.807) is 4.90 Å². The van der Waals surface area contributed by atoms with Crippen molar-refractivity contribution in [3.05, 3.63) is 70.8 Å². The molecule has 5 heteroatoms. The molecule has 1 fully saturated rings. The average Bonchev–Trinajstić information content (AvgIpc) is 2.99. The Bertz CT molecular complexity index is 939. The van der Waals surface area contributed by atoms with E-state index in [1.807, 2.05) is 55.5 Å². The summed E-state index contributed by atoms with van der Waals surface area (Å²) < 4.78 is 24.0. The van der Waals surface area contributed by atoms with Crippen LogP contribution in [0.1, 0.15) is 54.2 Å². The van der Waals surface area contributed by atoms with Crippen molar-refractivity contribution < 1.29 is 13.2 Å². The molecule has 0 bridgehead atoms. The Kier molecular flexibility index (Phi) is 5.67. The highest BCUT2D eigenvalue weighted by molar-refractivity contribution is 7.91. The van der Waals surface area contributed by atoms with Crippen LogP contribution in [0.2, 0.25) is 0 Å². The molecule has 1 atom stereocenters. The van der Waals surface area contributed by atoms with Gasteiger partial charge in [0.25, 0.3) is 5.91 Å². The number of amides is 1. The van der Waals surface area contributed by atoms with Crippen molar-refractivity contribution in [3.8, 4) is 0 Å². The molecule has 1 heterocycles. The minimum Gasteiger partial charge on any atom is -0.330 e. The van der Waals surface area contributed by atoms with Crippen LogP contribution in [0.5, 0.6) is 0 Å². The van der Waals surface area contributed by atoms with Crippen molar-refractivity contribution in [2.45, 2.75) is 52.1 Å². The lowest BCUT2D eigenvalue weighted by atomic mass is 9.86. The van der Waals surface area contributed by atoms with Gasteiger partial charge >= 0.3 is 0 Å². The summed E-state index contributed by atoms with van der Waals surface area (Å²) in [6, 6.07) is 15.4. The highest BCUT2D eigenvalue weighted by Crippen LogP contribution is 2.25. The van der Waals surface area contributed by atoms with Gasteiger partial charge in [-0.15, -0.1) is 0 Å². The summed E-state index contributed by atoms with van der Waals surface area (Å²) >= 11 is 0. The summed E-state index contributed by atoms with van der Waals surface area (Å²) in [5.41, 5.74) is 3.95. The van der Waals surface area contributed by atoms with E-state index in [9.17, 15) is 13.2 Å². The Balaban J connectivity index is 1.89. The van der Waals surface area contributed by atoms with Crippen LogP contribution < -0.4 is 0 Å². The Labute approximate surface area is 168 Å². The summed E-state index contributed by atoms with van der Waals surface area (Å²) in [4.78, 5) is 15.0. The van der Waals surface area contributed by atoms with Gasteiger partial charge in [0.05, 0.1) is 11.5 Å². The normalized spacial score (nSPS) is 18.8. The van der Waals surface area contributed by atoms with E-state index >= 15 is 0 Å². The second-order valence-electron chi connectivity index (χ2n) is 8.80. The van der Waals surface area contributed by atoms with Gasteiger partial charge in [0, 0.05) is 18.2 Å². The number of carbonyl (C=O) groups excluding carboxylic acids is 1. The maximum absolute atomic E-state index is 13.3. The van der Waals surface area contributed by atoms with Crippen LogP contribution in [0.25, 0.3) is 0 Å². The Morgan fingerprint density at radius 1 is 1.04 bits per heavy atom. The van der Waals surface area contributed by atoms with E-state index in [0.717, 1.165) is 16.7 Å². The van der Waals surface area contributed by atoms with Gasteiger partial charge in [0.15, 0.2) is 9.84 Å². The fourth-order valence-corrected chi connectivity index (χ4v) is 5.29. The van der Waals surface area contributed by atoms with E-state index < -0.39 is 9.84 Å². The van der Waals surface area contributed by atoms with Crippen LogP contribution in [0.3, 0.4) is 0 Å². The van der Waals surface area contributed by atoms with Gasteiger partial charge in [-0.25, -0.2) is 8.42 Å². The maximum Gasteiger partial charge on any atom is 0.254 e. The molecule has 4 nitrogen and oxygen atoms in total. The van der Waals surface area contributed by atoms with Crippen molar-refractivity contribution in [2.24, 2.45) is 0 Å². The van der Waals surface area contributed by atoms with Gasteiger partial charge < -0.3 is 4.90 Å². The van der Waals surface area contributed by atoms with Crippen molar-refractivity contribution in [2.75, 3.05) is 11.5 Å². The van der Waals surface area contributed by atoms with Crippen LogP contribution in [0, 0.1) is 6.92 Å². The smallest absolute Gasteiger partial charge is 0.254 e. The molecule has 0 aliphatic carbocycles. The lowest BCUT2D eigenvalue weighted by Gasteiger charge is -2.29. The van der Waals surface area contributed by atoms with E-state index in [1.165, 1.54) is 0 Å². The standard InChI is InChI=1S/C23H29NO3S/c1-17-5-7-18(8-6-17)15-24(21-13-14-28(26,27)16-21)22(25)19-9-11-20(12-10-19)23(2,3)4/h5-12,21H,13-16H2,1-4H3. The molecule has 0 N–H and O–H groups in total. The Morgan fingerprint density at radius 3 is 2.14 bits per heavy atom. The largest absolute Gasteiger partial charge is 0.330 e. The lowest BCUT2D eigenvalue weighted by molar-refractivity contribution is 0.0681. The number of nitrogens with zero attached hydrogens (tertiary/aromatic N) is 1. The molecule has 1 saturated heterocycles. The van der Waals surface area contributed by atoms with Gasteiger partial charge in [-0.3, -0.25) is 4.79 Å². The number of rotatable bonds is 4. The van der Waals surface area contributed by atoms with Crippen LogP contribution in [-0.4, -0.2) is 36.8 Å². The second kappa shape index (κ2) is 7.70. The SMILES string of the molecule is Cc1ccc(CN(C(=O)c2ccc(C(C)(C)C)cc2)C2CCS(=O)(=O)C2)cc1. The first-order valence-corrected chi connectivity index (χ1v) is 11.5. The summed E-state index contributed by atoms with van der Waals surface area (Å²) in [5.74, 6) is 0.0892. The Hall–Kier alpha value is -2.14. The molecule has 2 aromatic carbocycles. The van der Waals surface area contributed by atoms with Crippen molar-refractivity contribution in [3.63, 3.8) is 0 Å². The van der Waals surface area contributed by atoms with Crippen LogP contribution in [0.15, 0.2) is 48.5 Å². The molecule has 0 radical (unpaired) electrons. The third-order valence-electron chi connectivity index (χ3n) is 5.38. The molecule has 0 spiro atoms. The molecular formula is C23H29NO3S. The fourth-order valence-electron chi connectivity index (χ4n) is 3.56. The maximum atomic E-state index is 13.3. The molecular weight excluding hydrogens is 370 g/mol.